The Bertz CT molecular complexity index is 1420. The van der Waals surface area contributed by atoms with Crippen LogP contribution in [0.1, 0.15) is 18.7 Å². The summed E-state index contributed by atoms with van der Waals surface area (Å²) < 4.78 is 51.6. The van der Waals surface area contributed by atoms with E-state index in [1.807, 2.05) is 22.7 Å². The molecule has 0 saturated heterocycles. The fourth-order valence-electron chi connectivity index (χ4n) is 5.53. The molecule has 0 radical (unpaired) electrons. The second kappa shape index (κ2) is 11.0. The number of aromatic nitrogens is 2. The fourth-order valence-corrected chi connectivity index (χ4v) is 6.72. The number of fused-ring (bicyclic) bond motifs is 1. The molecule has 1 aliphatic heterocycles. The molecule has 4 atom stereocenters. The third-order valence-corrected chi connectivity index (χ3v) is 8.97. The van der Waals surface area contributed by atoms with Gasteiger partial charge in [-0.3, -0.25) is 4.90 Å². The lowest BCUT2D eigenvalue weighted by atomic mass is 9.85. The topological polar surface area (TPSA) is 137 Å². The number of nitrogens with one attached hydrogen (secondary N) is 1. The molecule has 12 heteroatoms. The Morgan fingerprint density at radius 1 is 1.15 bits per heavy atom. The standard InChI is InChI=1S/C27H33FN4O6S/c1-31-9-8-29-26(31)15-32-14-19(33)13-30-39(36,37)25-7-6-18(20-4-2-3-5-21(20)28)10-24(25)38-17-27(16-32)11-22(34)23(35)12-27/h2-10,19,22-23,30,33-35H,11-17H2,1H3/t19-,22-,23+,27?/m0/s1. The Morgan fingerprint density at radius 3 is 2.59 bits per heavy atom. The summed E-state index contributed by atoms with van der Waals surface area (Å²) in [4.78, 5) is 6.17. The van der Waals surface area contributed by atoms with E-state index in [1.165, 1.54) is 24.3 Å². The van der Waals surface area contributed by atoms with Gasteiger partial charge in [0.25, 0.3) is 0 Å². The van der Waals surface area contributed by atoms with Crippen LogP contribution in [0.25, 0.3) is 11.1 Å². The minimum absolute atomic E-state index is 0.0163. The molecule has 10 nitrogen and oxygen atoms in total. The van der Waals surface area contributed by atoms with Crippen LogP contribution in [0.5, 0.6) is 5.75 Å². The van der Waals surface area contributed by atoms with Gasteiger partial charge in [-0.25, -0.2) is 22.5 Å². The maximum Gasteiger partial charge on any atom is 0.244 e. The summed E-state index contributed by atoms with van der Waals surface area (Å²) in [6.45, 7) is 0.571. The van der Waals surface area contributed by atoms with Crippen molar-refractivity contribution in [2.75, 3.05) is 26.2 Å². The summed E-state index contributed by atoms with van der Waals surface area (Å²) in [6.07, 6.45) is 0.913. The van der Waals surface area contributed by atoms with Gasteiger partial charge in [0, 0.05) is 50.1 Å². The molecule has 1 unspecified atom stereocenters. The summed E-state index contributed by atoms with van der Waals surface area (Å²) >= 11 is 0. The summed E-state index contributed by atoms with van der Waals surface area (Å²) in [7, 11) is -2.25. The molecule has 2 heterocycles. The van der Waals surface area contributed by atoms with Crippen molar-refractivity contribution in [3.63, 3.8) is 0 Å². The molecule has 1 aliphatic carbocycles. The van der Waals surface area contributed by atoms with Gasteiger partial charge in [0.1, 0.15) is 22.3 Å². The van der Waals surface area contributed by atoms with E-state index in [0.29, 0.717) is 24.2 Å². The lowest BCUT2D eigenvalue weighted by molar-refractivity contribution is 0.0412. The van der Waals surface area contributed by atoms with Crippen LogP contribution in [0.3, 0.4) is 0 Å². The molecular weight excluding hydrogens is 527 g/mol. The number of aliphatic hydroxyl groups is 3. The Morgan fingerprint density at radius 2 is 1.90 bits per heavy atom. The summed E-state index contributed by atoms with van der Waals surface area (Å²) in [6, 6.07) is 10.5. The summed E-state index contributed by atoms with van der Waals surface area (Å²) in [5.74, 6) is 0.298. The monoisotopic (exact) mass is 560 g/mol. The predicted octanol–water partition coefficient (Wildman–Crippen LogP) is 1.26. The normalized spacial score (nSPS) is 27.9. The predicted molar refractivity (Wildman–Crippen MR) is 141 cm³/mol. The lowest BCUT2D eigenvalue weighted by Crippen LogP contribution is -2.46. The van der Waals surface area contributed by atoms with Crippen LogP contribution < -0.4 is 9.46 Å². The van der Waals surface area contributed by atoms with E-state index in [1.54, 1.807) is 24.4 Å². The highest BCUT2D eigenvalue weighted by Crippen LogP contribution is 2.41. The van der Waals surface area contributed by atoms with E-state index in [2.05, 4.69) is 9.71 Å². The van der Waals surface area contributed by atoms with Gasteiger partial charge in [0.2, 0.25) is 10.0 Å². The molecule has 1 spiro atoms. The van der Waals surface area contributed by atoms with Gasteiger partial charge < -0.3 is 24.6 Å². The highest BCUT2D eigenvalue weighted by Gasteiger charge is 2.46. The highest BCUT2D eigenvalue weighted by atomic mass is 32.2. The number of rotatable bonds is 3. The molecule has 0 amide bonds. The quantitative estimate of drug-likeness (QED) is 0.376. The van der Waals surface area contributed by atoms with E-state index < -0.39 is 39.6 Å². The van der Waals surface area contributed by atoms with E-state index in [0.717, 1.165) is 5.82 Å². The molecule has 39 heavy (non-hydrogen) atoms. The van der Waals surface area contributed by atoms with Gasteiger partial charge in [-0.15, -0.1) is 0 Å². The van der Waals surface area contributed by atoms with Gasteiger partial charge in [-0.2, -0.15) is 0 Å². The minimum Gasteiger partial charge on any atom is -0.492 e. The summed E-state index contributed by atoms with van der Waals surface area (Å²) in [5, 5.41) is 31.8. The van der Waals surface area contributed by atoms with Crippen molar-refractivity contribution in [1.29, 1.82) is 0 Å². The SMILES string of the molecule is Cn1ccnc1CN1C[C@@H](O)CNS(=O)(=O)c2ccc(-c3ccccc3F)cc2OCC2(C[C@@H](O)[C@@H](O)C2)C1. The zero-order chi connectivity index (χ0) is 27.8. The molecule has 1 fully saturated rings. The molecular formula is C27H33FN4O6S. The van der Waals surface area contributed by atoms with Crippen LogP contribution in [-0.4, -0.2) is 82.7 Å². The van der Waals surface area contributed by atoms with Crippen LogP contribution in [0, 0.1) is 11.2 Å². The smallest absolute Gasteiger partial charge is 0.244 e. The lowest BCUT2D eigenvalue weighted by Gasteiger charge is -2.36. The summed E-state index contributed by atoms with van der Waals surface area (Å²) in [5.41, 5.74) is -0.0321. The molecule has 4 N–H and O–H groups in total. The number of aliphatic hydroxyl groups excluding tert-OH is 3. The molecule has 2 aromatic carbocycles. The first kappa shape index (κ1) is 27.7. The first-order valence-electron chi connectivity index (χ1n) is 12.8. The number of hydrogen-bond acceptors (Lipinski definition) is 8. The average molecular weight is 561 g/mol. The van der Waals surface area contributed by atoms with E-state index in [4.69, 9.17) is 4.74 Å². The first-order chi connectivity index (χ1) is 18.6. The van der Waals surface area contributed by atoms with Gasteiger partial charge >= 0.3 is 0 Å². The van der Waals surface area contributed by atoms with Gasteiger partial charge in [0.05, 0.1) is 31.5 Å². The number of β-amino-alcohol motifs (C(OH)–C–C–N with tert-alkyl or cyclic N) is 1. The van der Waals surface area contributed by atoms with E-state index >= 15 is 0 Å². The van der Waals surface area contributed by atoms with Crippen molar-refractivity contribution in [2.45, 2.75) is 42.6 Å². The van der Waals surface area contributed by atoms with Crippen molar-refractivity contribution in [2.24, 2.45) is 12.5 Å². The maximum absolute atomic E-state index is 14.6. The molecule has 5 rings (SSSR count). The second-order valence-electron chi connectivity index (χ2n) is 10.6. The number of aryl methyl sites for hydroxylation is 1. The van der Waals surface area contributed by atoms with Gasteiger partial charge in [-0.05, 0) is 36.6 Å². The second-order valence-corrected chi connectivity index (χ2v) is 12.3. The van der Waals surface area contributed by atoms with Crippen molar-refractivity contribution in [3.05, 3.63) is 66.5 Å². The molecule has 210 valence electrons. The molecule has 1 saturated carbocycles. The number of hydrogen-bond donors (Lipinski definition) is 4. The van der Waals surface area contributed by atoms with Crippen LogP contribution >= 0.6 is 0 Å². The Kier molecular flexibility index (Phi) is 7.77. The van der Waals surface area contributed by atoms with Crippen LogP contribution in [0.4, 0.5) is 4.39 Å². The number of sulfonamides is 1. The molecule has 3 aromatic rings. The van der Waals surface area contributed by atoms with Crippen molar-refractivity contribution >= 4 is 10.0 Å². The fraction of sp³-hybridized carbons (Fsp3) is 0.444. The third-order valence-electron chi connectivity index (χ3n) is 7.50. The van der Waals surface area contributed by atoms with Gasteiger partial charge in [0.15, 0.2) is 0 Å². The van der Waals surface area contributed by atoms with Crippen molar-refractivity contribution in [1.82, 2.24) is 19.2 Å². The van der Waals surface area contributed by atoms with Crippen molar-refractivity contribution in [3.8, 4) is 16.9 Å². The van der Waals surface area contributed by atoms with E-state index in [9.17, 15) is 28.1 Å². The first-order valence-corrected chi connectivity index (χ1v) is 14.3. The number of nitrogens with zero attached hydrogens (tertiary/aromatic N) is 3. The number of imidazole rings is 1. The number of benzene rings is 2. The van der Waals surface area contributed by atoms with Crippen LogP contribution in [0.15, 0.2) is 59.8 Å². The Labute approximate surface area is 226 Å². The number of ether oxygens (including phenoxy) is 1. The molecule has 0 bridgehead atoms. The van der Waals surface area contributed by atoms with Crippen molar-refractivity contribution < 1.29 is 32.9 Å². The Hall–Kier alpha value is -2.87. The van der Waals surface area contributed by atoms with Crippen LogP contribution in [0.2, 0.25) is 0 Å². The largest absolute Gasteiger partial charge is 0.492 e. The zero-order valence-corrected chi connectivity index (χ0v) is 22.4. The molecule has 2 aliphatic rings. The minimum atomic E-state index is -4.10. The molecule has 1 aromatic heterocycles. The van der Waals surface area contributed by atoms with Gasteiger partial charge in [-0.1, -0.05) is 24.3 Å². The highest BCUT2D eigenvalue weighted by molar-refractivity contribution is 7.89. The third kappa shape index (κ3) is 6.01. The number of halogens is 1. The van der Waals surface area contributed by atoms with Crippen LogP contribution in [-0.2, 0) is 23.6 Å². The zero-order valence-electron chi connectivity index (χ0n) is 21.6. The average Bonchev–Trinajstić information content (AvgIpc) is 3.42. The Balaban J connectivity index is 1.54. The maximum atomic E-state index is 14.6. The van der Waals surface area contributed by atoms with E-state index in [-0.39, 0.29) is 43.2 Å².